The van der Waals surface area contributed by atoms with Gasteiger partial charge in [0.15, 0.2) is 5.96 Å². The maximum Gasteiger partial charge on any atom is 0.191 e. The third-order valence-electron chi connectivity index (χ3n) is 4.20. The predicted molar refractivity (Wildman–Crippen MR) is 106 cm³/mol. The maximum absolute atomic E-state index is 4.85. The first-order valence-electron chi connectivity index (χ1n) is 9.82. The molecule has 0 aliphatic rings. The fraction of sp³-hybridized carbons (Fsp3) is 0.842. The molecule has 0 fully saturated rings. The molecule has 0 aliphatic carbocycles. The van der Waals surface area contributed by atoms with Crippen LogP contribution in [0.1, 0.15) is 73.1 Å². The van der Waals surface area contributed by atoms with E-state index in [1.54, 1.807) is 6.33 Å². The number of rotatable bonds is 10. The number of guanidine groups is 1. The minimum Gasteiger partial charge on any atom is -0.355 e. The molecule has 0 saturated carbocycles. The summed E-state index contributed by atoms with van der Waals surface area (Å²) in [6.07, 6.45) is 7.69. The second-order valence-corrected chi connectivity index (χ2v) is 7.70. The molecule has 0 amide bonds. The van der Waals surface area contributed by atoms with Crippen LogP contribution < -0.4 is 10.6 Å². The normalized spacial score (nSPS) is 13.8. The molecule has 1 aromatic rings. The molecule has 1 atom stereocenters. The van der Waals surface area contributed by atoms with Crippen LogP contribution in [0.25, 0.3) is 0 Å². The molecular weight excluding hydrogens is 312 g/mol. The van der Waals surface area contributed by atoms with Gasteiger partial charge < -0.3 is 15.2 Å². The van der Waals surface area contributed by atoms with E-state index in [1.807, 2.05) is 0 Å². The molecule has 0 aromatic carbocycles. The lowest BCUT2D eigenvalue weighted by molar-refractivity contribution is 0.455. The number of nitrogens with zero attached hydrogens (tertiary/aromatic N) is 4. The molecule has 0 bridgehead atoms. The fourth-order valence-corrected chi connectivity index (χ4v) is 2.67. The maximum atomic E-state index is 4.85. The van der Waals surface area contributed by atoms with Crippen molar-refractivity contribution in [2.75, 3.05) is 13.1 Å². The zero-order chi connectivity index (χ0) is 18.7. The van der Waals surface area contributed by atoms with Gasteiger partial charge in [0, 0.05) is 31.6 Å². The minimum atomic E-state index is -0.0118. The summed E-state index contributed by atoms with van der Waals surface area (Å²) in [7, 11) is 0. The molecular formula is C19H38N6. The average molecular weight is 351 g/mol. The van der Waals surface area contributed by atoms with Crippen LogP contribution in [0.4, 0.5) is 0 Å². The van der Waals surface area contributed by atoms with Crippen molar-refractivity contribution in [3.05, 3.63) is 12.2 Å². The Bertz CT molecular complexity index is 500. The number of nitrogens with one attached hydrogen (secondary N) is 2. The standard InChI is InChI=1S/C19H38N6/c1-7-10-11-16(8-2)14-21-18(23-19(4,5)6)20-12-13-25-15-22-24-17(25)9-3/h15-16H,7-14H2,1-6H3,(H2,20,21,23). The van der Waals surface area contributed by atoms with E-state index in [9.17, 15) is 0 Å². The van der Waals surface area contributed by atoms with Gasteiger partial charge in [-0.25, -0.2) is 0 Å². The van der Waals surface area contributed by atoms with Gasteiger partial charge in [-0.2, -0.15) is 0 Å². The number of aryl methyl sites for hydroxylation is 1. The lowest BCUT2D eigenvalue weighted by atomic mass is 10.00. The van der Waals surface area contributed by atoms with Crippen LogP contribution in [-0.2, 0) is 13.0 Å². The first kappa shape index (κ1) is 21.5. The van der Waals surface area contributed by atoms with Crippen LogP contribution >= 0.6 is 0 Å². The SMILES string of the molecule is CCCCC(CC)CN=C(NCCn1cnnc1CC)NC(C)(C)C. The van der Waals surface area contributed by atoms with E-state index in [4.69, 9.17) is 4.99 Å². The number of aromatic nitrogens is 3. The Morgan fingerprint density at radius 2 is 2.04 bits per heavy atom. The van der Waals surface area contributed by atoms with Gasteiger partial charge in [0.2, 0.25) is 0 Å². The highest BCUT2D eigenvalue weighted by atomic mass is 15.3. The molecule has 2 N–H and O–H groups in total. The molecule has 0 spiro atoms. The van der Waals surface area contributed by atoms with E-state index in [1.165, 1.54) is 25.7 Å². The second-order valence-electron chi connectivity index (χ2n) is 7.70. The van der Waals surface area contributed by atoms with Gasteiger partial charge in [0.25, 0.3) is 0 Å². The molecule has 25 heavy (non-hydrogen) atoms. The summed E-state index contributed by atoms with van der Waals surface area (Å²) < 4.78 is 2.10. The third-order valence-corrected chi connectivity index (χ3v) is 4.20. The summed E-state index contributed by atoms with van der Waals surface area (Å²) >= 11 is 0. The monoisotopic (exact) mass is 350 g/mol. The largest absolute Gasteiger partial charge is 0.355 e. The van der Waals surface area contributed by atoms with Gasteiger partial charge in [-0.05, 0) is 33.1 Å². The first-order chi connectivity index (χ1) is 11.9. The molecule has 0 aliphatic heterocycles. The lowest BCUT2D eigenvalue weighted by Gasteiger charge is -2.25. The van der Waals surface area contributed by atoms with Crippen molar-refractivity contribution in [3.8, 4) is 0 Å². The molecule has 6 heteroatoms. The zero-order valence-corrected chi connectivity index (χ0v) is 17.1. The van der Waals surface area contributed by atoms with E-state index in [2.05, 4.69) is 66.9 Å². The molecule has 1 rings (SSSR count). The zero-order valence-electron chi connectivity index (χ0n) is 17.1. The molecule has 144 valence electrons. The molecule has 1 aromatic heterocycles. The van der Waals surface area contributed by atoms with Crippen LogP contribution in [0.15, 0.2) is 11.3 Å². The van der Waals surface area contributed by atoms with E-state index < -0.39 is 0 Å². The highest BCUT2D eigenvalue weighted by Gasteiger charge is 2.13. The van der Waals surface area contributed by atoms with Crippen molar-refractivity contribution in [2.24, 2.45) is 10.9 Å². The molecule has 6 nitrogen and oxygen atoms in total. The molecule has 0 saturated heterocycles. The summed E-state index contributed by atoms with van der Waals surface area (Å²) in [5.41, 5.74) is -0.0118. The smallest absolute Gasteiger partial charge is 0.191 e. The Labute approximate surface area is 153 Å². The molecule has 1 heterocycles. The Hall–Kier alpha value is -1.59. The molecule has 1 unspecified atom stereocenters. The van der Waals surface area contributed by atoms with Crippen molar-refractivity contribution in [1.29, 1.82) is 0 Å². The Balaban J connectivity index is 2.61. The van der Waals surface area contributed by atoms with Crippen molar-refractivity contribution in [1.82, 2.24) is 25.4 Å². The average Bonchev–Trinajstić information content (AvgIpc) is 3.01. The van der Waals surface area contributed by atoms with Gasteiger partial charge >= 0.3 is 0 Å². The summed E-state index contributed by atoms with van der Waals surface area (Å²) in [5.74, 6) is 2.59. The third kappa shape index (κ3) is 8.89. The van der Waals surface area contributed by atoms with Crippen LogP contribution in [0.3, 0.4) is 0 Å². The summed E-state index contributed by atoms with van der Waals surface area (Å²) in [6, 6.07) is 0. The van der Waals surface area contributed by atoms with Gasteiger partial charge in [0.1, 0.15) is 12.2 Å². The van der Waals surface area contributed by atoms with Crippen LogP contribution in [0.5, 0.6) is 0 Å². The van der Waals surface area contributed by atoms with E-state index in [0.29, 0.717) is 5.92 Å². The summed E-state index contributed by atoms with van der Waals surface area (Å²) in [4.78, 5) is 4.85. The fourth-order valence-electron chi connectivity index (χ4n) is 2.67. The highest BCUT2D eigenvalue weighted by molar-refractivity contribution is 5.80. The number of hydrogen-bond acceptors (Lipinski definition) is 3. The minimum absolute atomic E-state index is 0.0118. The van der Waals surface area contributed by atoms with Crippen LogP contribution in [-0.4, -0.2) is 39.4 Å². The van der Waals surface area contributed by atoms with Crippen LogP contribution in [0.2, 0.25) is 0 Å². The van der Waals surface area contributed by atoms with E-state index in [-0.39, 0.29) is 5.54 Å². The Morgan fingerprint density at radius 3 is 2.64 bits per heavy atom. The van der Waals surface area contributed by atoms with Crippen molar-refractivity contribution in [3.63, 3.8) is 0 Å². The second kappa shape index (κ2) is 11.1. The first-order valence-corrected chi connectivity index (χ1v) is 9.82. The number of hydrogen-bond donors (Lipinski definition) is 2. The van der Waals surface area contributed by atoms with Crippen molar-refractivity contribution in [2.45, 2.75) is 85.7 Å². The lowest BCUT2D eigenvalue weighted by Crippen LogP contribution is -2.48. The van der Waals surface area contributed by atoms with Crippen molar-refractivity contribution >= 4 is 5.96 Å². The Morgan fingerprint density at radius 1 is 1.28 bits per heavy atom. The number of aliphatic imine (C=N–C) groups is 1. The predicted octanol–water partition coefficient (Wildman–Crippen LogP) is 3.39. The summed E-state index contributed by atoms with van der Waals surface area (Å²) in [5, 5.41) is 15.1. The Kier molecular flexibility index (Phi) is 9.53. The van der Waals surface area contributed by atoms with Crippen molar-refractivity contribution < 1.29 is 0 Å². The quantitative estimate of drug-likeness (QED) is 0.501. The summed E-state index contributed by atoms with van der Waals surface area (Å²) in [6.45, 7) is 15.6. The van der Waals surface area contributed by atoms with Gasteiger partial charge in [0.05, 0.1) is 0 Å². The van der Waals surface area contributed by atoms with E-state index in [0.717, 1.165) is 37.8 Å². The number of unbranched alkanes of at least 4 members (excludes halogenated alkanes) is 1. The molecule has 0 radical (unpaired) electrons. The van der Waals surface area contributed by atoms with Gasteiger partial charge in [-0.3, -0.25) is 4.99 Å². The highest BCUT2D eigenvalue weighted by Crippen LogP contribution is 2.12. The van der Waals surface area contributed by atoms with Gasteiger partial charge in [-0.15, -0.1) is 10.2 Å². The van der Waals surface area contributed by atoms with E-state index >= 15 is 0 Å². The topological polar surface area (TPSA) is 67.1 Å². The van der Waals surface area contributed by atoms with Crippen LogP contribution in [0, 0.1) is 5.92 Å². The van der Waals surface area contributed by atoms with Gasteiger partial charge in [-0.1, -0.05) is 40.0 Å².